The Bertz CT molecular complexity index is 1180. The van der Waals surface area contributed by atoms with Crippen LogP contribution in [0.1, 0.15) is 42.1 Å². The van der Waals surface area contributed by atoms with Gasteiger partial charge in [-0.1, -0.05) is 24.3 Å². The average Bonchev–Trinajstić information content (AvgIpc) is 3.07. The molecule has 4 rings (SSSR count). The molecule has 0 bridgehead atoms. The lowest BCUT2D eigenvalue weighted by Crippen LogP contribution is -2.43. The maximum atomic E-state index is 10.2. The van der Waals surface area contributed by atoms with Crippen LogP contribution in [0.15, 0.2) is 53.3 Å². The lowest BCUT2D eigenvalue weighted by atomic mass is 9.56. The van der Waals surface area contributed by atoms with Crippen LogP contribution in [-0.2, 0) is 0 Å². The van der Waals surface area contributed by atoms with Crippen molar-refractivity contribution in [2.45, 2.75) is 39.0 Å². The first-order chi connectivity index (χ1) is 14.5. The standard InChI is InChI=1S/C24H22N6/c1-15-21(16(2)30(29-15)17-8-4-3-5-9-17)22-19-11-7-6-10-18(19)20(12-25)23(28)24(22,13-26)14-27/h3-5,8-10,19,22H,6-7,11,28H2,1-2H3/t19-,22-/m0/s1. The molecule has 1 heterocycles. The number of para-hydroxylation sites is 1. The van der Waals surface area contributed by atoms with Gasteiger partial charge in [-0.3, -0.25) is 0 Å². The molecule has 0 fully saturated rings. The Hall–Kier alpha value is -3.82. The molecule has 0 aliphatic heterocycles. The van der Waals surface area contributed by atoms with E-state index in [0.717, 1.165) is 47.5 Å². The van der Waals surface area contributed by atoms with Gasteiger partial charge in [0.2, 0.25) is 0 Å². The predicted molar refractivity (Wildman–Crippen MR) is 112 cm³/mol. The molecule has 148 valence electrons. The van der Waals surface area contributed by atoms with Gasteiger partial charge in [-0.05, 0) is 56.7 Å². The molecule has 0 radical (unpaired) electrons. The van der Waals surface area contributed by atoms with Crippen molar-refractivity contribution in [2.24, 2.45) is 17.1 Å². The van der Waals surface area contributed by atoms with Crippen molar-refractivity contribution in [3.63, 3.8) is 0 Å². The largest absolute Gasteiger partial charge is 0.399 e. The van der Waals surface area contributed by atoms with E-state index in [0.29, 0.717) is 5.57 Å². The van der Waals surface area contributed by atoms with Gasteiger partial charge in [0.05, 0.1) is 34.8 Å². The minimum atomic E-state index is -1.61. The van der Waals surface area contributed by atoms with Gasteiger partial charge >= 0.3 is 0 Å². The number of aromatic nitrogens is 2. The van der Waals surface area contributed by atoms with Gasteiger partial charge in [-0.2, -0.15) is 20.9 Å². The Balaban J connectivity index is 2.02. The minimum Gasteiger partial charge on any atom is -0.399 e. The number of allylic oxidation sites excluding steroid dienone is 4. The highest BCUT2D eigenvalue weighted by molar-refractivity contribution is 5.60. The fourth-order valence-electron chi connectivity index (χ4n) is 5.11. The first kappa shape index (κ1) is 19.5. The van der Waals surface area contributed by atoms with Gasteiger partial charge in [0.1, 0.15) is 6.07 Å². The van der Waals surface area contributed by atoms with Crippen LogP contribution in [0.2, 0.25) is 0 Å². The van der Waals surface area contributed by atoms with Crippen LogP contribution in [0.5, 0.6) is 0 Å². The van der Waals surface area contributed by atoms with Crippen LogP contribution < -0.4 is 5.73 Å². The molecule has 2 aromatic rings. The van der Waals surface area contributed by atoms with Crippen LogP contribution in [0.3, 0.4) is 0 Å². The highest BCUT2D eigenvalue weighted by Gasteiger charge is 2.55. The highest BCUT2D eigenvalue weighted by atomic mass is 15.3. The molecule has 0 unspecified atom stereocenters. The molecule has 2 aliphatic carbocycles. The summed E-state index contributed by atoms with van der Waals surface area (Å²) in [5.74, 6) is -0.598. The summed E-state index contributed by atoms with van der Waals surface area (Å²) in [6, 6.07) is 16.4. The van der Waals surface area contributed by atoms with Crippen molar-refractivity contribution >= 4 is 0 Å². The summed E-state index contributed by atoms with van der Waals surface area (Å²) in [4.78, 5) is 0. The fraction of sp³-hybridized carbons (Fsp3) is 0.333. The first-order valence-electron chi connectivity index (χ1n) is 10.0. The SMILES string of the molecule is Cc1nn(-c2ccccc2)c(C)c1[C@@H]1[C@H]2CCCC=C2C(C#N)=C(N)C1(C#N)C#N. The number of nitriles is 3. The van der Waals surface area contributed by atoms with E-state index in [1.165, 1.54) is 0 Å². The van der Waals surface area contributed by atoms with Crippen LogP contribution in [0.4, 0.5) is 0 Å². The number of rotatable bonds is 2. The van der Waals surface area contributed by atoms with E-state index >= 15 is 0 Å². The number of fused-ring (bicyclic) bond motifs is 1. The molecule has 0 saturated heterocycles. The third-order valence-corrected chi connectivity index (χ3v) is 6.46. The van der Waals surface area contributed by atoms with E-state index in [9.17, 15) is 15.8 Å². The Kier molecular flexibility index (Phi) is 4.69. The quantitative estimate of drug-likeness (QED) is 0.824. The van der Waals surface area contributed by atoms with Crippen LogP contribution in [-0.4, -0.2) is 9.78 Å². The maximum Gasteiger partial charge on any atom is 0.191 e. The zero-order valence-corrected chi connectivity index (χ0v) is 17.1. The van der Waals surface area contributed by atoms with Gasteiger partial charge in [-0.25, -0.2) is 4.68 Å². The number of benzene rings is 1. The van der Waals surface area contributed by atoms with E-state index in [2.05, 4.69) is 24.3 Å². The van der Waals surface area contributed by atoms with Crippen molar-refractivity contribution in [1.82, 2.24) is 9.78 Å². The molecule has 0 amide bonds. The number of hydrogen-bond acceptors (Lipinski definition) is 5. The molecular weight excluding hydrogens is 372 g/mol. The van der Waals surface area contributed by atoms with E-state index in [1.807, 2.05) is 48.9 Å². The summed E-state index contributed by atoms with van der Waals surface area (Å²) in [7, 11) is 0. The van der Waals surface area contributed by atoms with Crippen molar-refractivity contribution in [1.29, 1.82) is 15.8 Å². The topological polar surface area (TPSA) is 115 Å². The summed E-state index contributed by atoms with van der Waals surface area (Å²) >= 11 is 0. The van der Waals surface area contributed by atoms with E-state index in [-0.39, 0.29) is 11.6 Å². The zero-order valence-electron chi connectivity index (χ0n) is 17.1. The van der Waals surface area contributed by atoms with Crippen LogP contribution in [0.25, 0.3) is 5.69 Å². The molecule has 0 saturated carbocycles. The van der Waals surface area contributed by atoms with Gasteiger partial charge in [0, 0.05) is 17.2 Å². The Morgan fingerprint density at radius 2 is 1.83 bits per heavy atom. The van der Waals surface area contributed by atoms with Crippen molar-refractivity contribution in [3.05, 3.63) is 70.2 Å². The lowest BCUT2D eigenvalue weighted by Gasteiger charge is -2.43. The van der Waals surface area contributed by atoms with Crippen molar-refractivity contribution in [2.75, 3.05) is 0 Å². The fourth-order valence-corrected chi connectivity index (χ4v) is 5.11. The zero-order chi connectivity index (χ0) is 21.5. The Morgan fingerprint density at radius 1 is 1.13 bits per heavy atom. The smallest absolute Gasteiger partial charge is 0.191 e. The average molecular weight is 394 g/mol. The van der Waals surface area contributed by atoms with Gasteiger partial charge in [0.15, 0.2) is 5.41 Å². The third kappa shape index (κ3) is 2.56. The second-order valence-electron chi connectivity index (χ2n) is 7.94. The summed E-state index contributed by atoms with van der Waals surface area (Å²) in [5, 5.41) is 34.9. The summed E-state index contributed by atoms with van der Waals surface area (Å²) in [5.41, 5.74) is 9.47. The highest BCUT2D eigenvalue weighted by Crippen LogP contribution is 2.56. The van der Waals surface area contributed by atoms with Gasteiger partial charge in [-0.15, -0.1) is 0 Å². The predicted octanol–water partition coefficient (Wildman–Crippen LogP) is 4.08. The van der Waals surface area contributed by atoms with E-state index < -0.39 is 11.3 Å². The maximum absolute atomic E-state index is 10.2. The molecule has 6 heteroatoms. The molecule has 30 heavy (non-hydrogen) atoms. The second kappa shape index (κ2) is 7.21. The minimum absolute atomic E-state index is 0.0654. The molecule has 6 nitrogen and oxygen atoms in total. The molecule has 2 atom stereocenters. The van der Waals surface area contributed by atoms with Crippen LogP contribution >= 0.6 is 0 Å². The van der Waals surface area contributed by atoms with Crippen molar-refractivity contribution in [3.8, 4) is 23.9 Å². The summed E-state index contributed by atoms with van der Waals surface area (Å²) < 4.78 is 1.86. The number of nitrogens with zero attached hydrogens (tertiary/aromatic N) is 5. The Morgan fingerprint density at radius 3 is 2.47 bits per heavy atom. The number of hydrogen-bond donors (Lipinski definition) is 1. The number of aryl methyl sites for hydroxylation is 1. The van der Waals surface area contributed by atoms with Gasteiger partial charge < -0.3 is 5.73 Å². The molecule has 2 N–H and O–H groups in total. The molecular formula is C24H22N6. The lowest BCUT2D eigenvalue weighted by molar-refractivity contribution is 0.315. The molecule has 2 aliphatic rings. The van der Waals surface area contributed by atoms with Crippen molar-refractivity contribution < 1.29 is 0 Å². The number of nitrogens with two attached hydrogens (primary N) is 1. The molecule has 0 spiro atoms. The third-order valence-electron chi connectivity index (χ3n) is 6.46. The molecule has 1 aromatic carbocycles. The normalized spacial score (nSPS) is 22.3. The van der Waals surface area contributed by atoms with E-state index in [4.69, 9.17) is 10.8 Å². The summed E-state index contributed by atoms with van der Waals surface area (Å²) in [6.45, 7) is 3.88. The van der Waals surface area contributed by atoms with Crippen LogP contribution in [0, 0.1) is 59.2 Å². The first-order valence-corrected chi connectivity index (χ1v) is 10.0. The molecule has 1 aromatic heterocycles. The Labute approximate surface area is 176 Å². The second-order valence-corrected chi connectivity index (χ2v) is 7.94. The monoisotopic (exact) mass is 394 g/mol. The van der Waals surface area contributed by atoms with Gasteiger partial charge in [0.25, 0.3) is 0 Å². The summed E-state index contributed by atoms with van der Waals surface area (Å²) in [6.07, 6.45) is 4.67. The van der Waals surface area contributed by atoms with E-state index in [1.54, 1.807) is 0 Å².